The number of ketones is 1. The van der Waals surface area contributed by atoms with Crippen LogP contribution in [0.15, 0.2) is 97.1 Å². The molecular formula is C27H23NO. The van der Waals surface area contributed by atoms with Crippen LogP contribution in [0.2, 0.25) is 0 Å². The number of carbonyl (C=O) groups excluding carboxylic acids is 1. The highest BCUT2D eigenvalue weighted by molar-refractivity contribution is 6.08. The Labute approximate surface area is 171 Å². The van der Waals surface area contributed by atoms with E-state index in [9.17, 15) is 4.79 Å². The van der Waals surface area contributed by atoms with Crippen LogP contribution in [0.25, 0.3) is 10.8 Å². The standard InChI is InChI=1S/C27H23NO/c29-27(25-16-8-11-20-9-4-6-14-23(20)25)19-26-24-15-7-5-10-21(24)17-18-28(26)22-12-2-1-3-13-22/h1-16,26H,17-19H2. The van der Waals surface area contributed by atoms with E-state index in [2.05, 4.69) is 65.6 Å². The number of carbonyl (C=O) groups is 1. The number of fused-ring (bicyclic) bond motifs is 2. The third kappa shape index (κ3) is 3.31. The predicted molar refractivity (Wildman–Crippen MR) is 120 cm³/mol. The van der Waals surface area contributed by atoms with Crippen LogP contribution in [-0.4, -0.2) is 12.3 Å². The molecule has 2 heteroatoms. The van der Waals surface area contributed by atoms with Crippen LogP contribution in [0, 0.1) is 0 Å². The lowest BCUT2D eigenvalue weighted by atomic mass is 9.87. The van der Waals surface area contributed by atoms with E-state index in [1.54, 1.807) is 0 Å². The van der Waals surface area contributed by atoms with Crippen molar-refractivity contribution in [1.29, 1.82) is 0 Å². The Kier molecular flexibility index (Phi) is 4.61. The minimum atomic E-state index is 0.0498. The molecular weight excluding hydrogens is 354 g/mol. The van der Waals surface area contributed by atoms with Crippen LogP contribution >= 0.6 is 0 Å². The topological polar surface area (TPSA) is 20.3 Å². The number of para-hydroxylation sites is 1. The molecule has 5 rings (SSSR count). The fraction of sp³-hybridized carbons (Fsp3) is 0.148. The number of hydrogen-bond donors (Lipinski definition) is 0. The molecule has 142 valence electrons. The summed E-state index contributed by atoms with van der Waals surface area (Å²) in [5, 5.41) is 2.15. The number of rotatable bonds is 4. The molecule has 0 radical (unpaired) electrons. The summed E-state index contributed by atoms with van der Waals surface area (Å²) in [6.07, 6.45) is 1.48. The molecule has 0 N–H and O–H groups in total. The minimum absolute atomic E-state index is 0.0498. The number of anilines is 1. The van der Waals surface area contributed by atoms with Gasteiger partial charge in [-0.15, -0.1) is 0 Å². The number of Topliss-reactive ketones (excluding diaryl/α,β-unsaturated/α-hetero) is 1. The fourth-order valence-corrected chi connectivity index (χ4v) is 4.55. The summed E-state index contributed by atoms with van der Waals surface area (Å²) in [5.41, 5.74) is 4.63. The van der Waals surface area contributed by atoms with Crippen molar-refractivity contribution in [3.05, 3.63) is 114 Å². The van der Waals surface area contributed by atoms with Gasteiger partial charge in [0.25, 0.3) is 0 Å². The number of benzene rings is 4. The van der Waals surface area contributed by atoms with Gasteiger partial charge in [0.05, 0.1) is 6.04 Å². The Morgan fingerprint density at radius 2 is 1.52 bits per heavy atom. The summed E-state index contributed by atoms with van der Waals surface area (Å²) in [7, 11) is 0. The molecule has 0 spiro atoms. The van der Waals surface area contributed by atoms with Crippen molar-refractivity contribution in [2.45, 2.75) is 18.9 Å². The van der Waals surface area contributed by atoms with Crippen molar-refractivity contribution in [2.75, 3.05) is 11.4 Å². The first kappa shape index (κ1) is 17.7. The Hall–Kier alpha value is -3.39. The van der Waals surface area contributed by atoms with E-state index in [0.29, 0.717) is 6.42 Å². The maximum Gasteiger partial charge on any atom is 0.165 e. The molecule has 1 aliphatic heterocycles. The van der Waals surface area contributed by atoms with Crippen LogP contribution in [0.4, 0.5) is 5.69 Å². The molecule has 0 aliphatic carbocycles. The van der Waals surface area contributed by atoms with E-state index in [1.807, 2.05) is 36.4 Å². The molecule has 0 amide bonds. The first-order valence-electron chi connectivity index (χ1n) is 10.2. The maximum atomic E-state index is 13.5. The van der Waals surface area contributed by atoms with Crippen molar-refractivity contribution in [1.82, 2.24) is 0 Å². The van der Waals surface area contributed by atoms with Crippen LogP contribution in [0.1, 0.15) is 33.9 Å². The second-order valence-corrected chi connectivity index (χ2v) is 7.65. The average molecular weight is 377 g/mol. The largest absolute Gasteiger partial charge is 0.364 e. The third-order valence-electron chi connectivity index (χ3n) is 5.97. The molecule has 0 saturated heterocycles. The van der Waals surface area contributed by atoms with Crippen molar-refractivity contribution in [3.63, 3.8) is 0 Å². The maximum absolute atomic E-state index is 13.5. The third-order valence-corrected chi connectivity index (χ3v) is 5.97. The van der Waals surface area contributed by atoms with Gasteiger partial charge < -0.3 is 4.90 Å². The highest BCUT2D eigenvalue weighted by Crippen LogP contribution is 2.37. The average Bonchev–Trinajstić information content (AvgIpc) is 2.79. The van der Waals surface area contributed by atoms with Crippen molar-refractivity contribution >= 4 is 22.2 Å². The second-order valence-electron chi connectivity index (χ2n) is 7.65. The second kappa shape index (κ2) is 7.56. The van der Waals surface area contributed by atoms with Gasteiger partial charge in [-0.2, -0.15) is 0 Å². The van der Waals surface area contributed by atoms with Gasteiger partial charge >= 0.3 is 0 Å². The molecule has 0 fully saturated rings. The van der Waals surface area contributed by atoms with Gasteiger partial charge in [0.2, 0.25) is 0 Å². The van der Waals surface area contributed by atoms with Gasteiger partial charge in [-0.05, 0) is 40.5 Å². The summed E-state index contributed by atoms with van der Waals surface area (Å²) in [6, 6.07) is 33.2. The van der Waals surface area contributed by atoms with Crippen LogP contribution < -0.4 is 4.90 Å². The molecule has 0 saturated carbocycles. The molecule has 0 aromatic heterocycles. The summed E-state index contributed by atoms with van der Waals surface area (Å²) in [6.45, 7) is 0.925. The lowest BCUT2D eigenvalue weighted by molar-refractivity contribution is 0.0973. The lowest BCUT2D eigenvalue weighted by Gasteiger charge is -2.39. The van der Waals surface area contributed by atoms with Gasteiger partial charge in [-0.25, -0.2) is 0 Å². The van der Waals surface area contributed by atoms with Crippen LogP contribution in [0.3, 0.4) is 0 Å². The van der Waals surface area contributed by atoms with Gasteiger partial charge in [0.1, 0.15) is 0 Å². The summed E-state index contributed by atoms with van der Waals surface area (Å²) < 4.78 is 0. The Bertz CT molecular complexity index is 1160. The zero-order valence-electron chi connectivity index (χ0n) is 16.3. The smallest absolute Gasteiger partial charge is 0.165 e. The molecule has 2 nitrogen and oxygen atoms in total. The van der Waals surface area contributed by atoms with Gasteiger partial charge in [0.15, 0.2) is 5.78 Å². The van der Waals surface area contributed by atoms with Crippen molar-refractivity contribution < 1.29 is 4.79 Å². The molecule has 1 atom stereocenters. The van der Waals surface area contributed by atoms with Gasteiger partial charge in [-0.3, -0.25) is 4.79 Å². The molecule has 29 heavy (non-hydrogen) atoms. The molecule has 1 heterocycles. The van der Waals surface area contributed by atoms with Crippen LogP contribution in [-0.2, 0) is 6.42 Å². The Morgan fingerprint density at radius 3 is 2.41 bits per heavy atom. The van der Waals surface area contributed by atoms with E-state index in [1.165, 1.54) is 16.8 Å². The SMILES string of the molecule is O=C(CC1c2ccccc2CCN1c1ccccc1)c1cccc2ccccc12. The normalized spacial score (nSPS) is 15.9. The highest BCUT2D eigenvalue weighted by atomic mass is 16.1. The lowest BCUT2D eigenvalue weighted by Crippen LogP contribution is -2.36. The van der Waals surface area contributed by atoms with Gasteiger partial charge in [0, 0.05) is 24.2 Å². The van der Waals surface area contributed by atoms with E-state index in [0.717, 1.165) is 29.3 Å². The molecule has 4 aromatic rings. The monoisotopic (exact) mass is 377 g/mol. The fourth-order valence-electron chi connectivity index (χ4n) is 4.55. The molecule has 4 aromatic carbocycles. The Morgan fingerprint density at radius 1 is 0.793 bits per heavy atom. The minimum Gasteiger partial charge on any atom is -0.364 e. The van der Waals surface area contributed by atoms with Gasteiger partial charge in [-0.1, -0.05) is 84.9 Å². The molecule has 1 unspecified atom stereocenters. The van der Waals surface area contributed by atoms with E-state index >= 15 is 0 Å². The quantitative estimate of drug-likeness (QED) is 0.394. The number of nitrogens with zero attached hydrogens (tertiary/aromatic N) is 1. The first-order chi connectivity index (χ1) is 14.3. The summed E-state index contributed by atoms with van der Waals surface area (Å²) in [5.74, 6) is 0.199. The number of hydrogen-bond acceptors (Lipinski definition) is 2. The van der Waals surface area contributed by atoms with Crippen molar-refractivity contribution in [2.24, 2.45) is 0 Å². The van der Waals surface area contributed by atoms with E-state index in [-0.39, 0.29) is 11.8 Å². The first-order valence-corrected chi connectivity index (χ1v) is 10.2. The Balaban J connectivity index is 1.55. The molecule has 1 aliphatic rings. The van der Waals surface area contributed by atoms with Crippen LogP contribution in [0.5, 0.6) is 0 Å². The predicted octanol–water partition coefficient (Wildman–Crippen LogP) is 6.22. The highest BCUT2D eigenvalue weighted by Gasteiger charge is 2.29. The van der Waals surface area contributed by atoms with E-state index < -0.39 is 0 Å². The zero-order chi connectivity index (χ0) is 19.6. The molecule has 0 bridgehead atoms. The summed E-state index contributed by atoms with van der Waals surface area (Å²) in [4.78, 5) is 15.9. The zero-order valence-corrected chi connectivity index (χ0v) is 16.3. The van der Waals surface area contributed by atoms with E-state index in [4.69, 9.17) is 0 Å². The summed E-state index contributed by atoms with van der Waals surface area (Å²) >= 11 is 0. The van der Waals surface area contributed by atoms with Crippen molar-refractivity contribution in [3.8, 4) is 0 Å².